The molecule has 5 heterocycles. The molecular formula is C20H22N6O3S2. The minimum atomic E-state index is -2.55. The first-order valence-electron chi connectivity index (χ1n) is 9.73. The number of thiophene rings is 1. The van der Waals surface area contributed by atoms with E-state index in [0.29, 0.717) is 22.7 Å². The van der Waals surface area contributed by atoms with Crippen LogP contribution in [-0.2, 0) is 7.05 Å². The van der Waals surface area contributed by atoms with Gasteiger partial charge in [-0.15, -0.1) is 11.3 Å². The van der Waals surface area contributed by atoms with Crippen molar-refractivity contribution in [2.24, 2.45) is 7.05 Å². The molecule has 4 aromatic heterocycles. The number of carbonyl (C=O) groups excluding carboxylic acids is 1. The van der Waals surface area contributed by atoms with Crippen molar-refractivity contribution in [2.45, 2.75) is 12.5 Å². The molecule has 31 heavy (non-hydrogen) atoms. The molecule has 2 N–H and O–H groups in total. The van der Waals surface area contributed by atoms with Gasteiger partial charge in [0.2, 0.25) is 0 Å². The Balaban J connectivity index is 1.40. The van der Waals surface area contributed by atoms with E-state index in [9.17, 15) is 13.9 Å². The van der Waals surface area contributed by atoms with Crippen molar-refractivity contribution in [3.05, 3.63) is 47.3 Å². The van der Waals surface area contributed by atoms with Crippen LogP contribution in [-0.4, -0.2) is 68.9 Å². The van der Waals surface area contributed by atoms with Gasteiger partial charge in [0.1, 0.15) is 0 Å². The fraction of sp³-hybridized carbons (Fsp3) is 0.300. The zero-order valence-corrected chi connectivity index (χ0v) is 18.7. The van der Waals surface area contributed by atoms with Gasteiger partial charge in [0.05, 0.1) is 29.1 Å². The molecule has 0 spiro atoms. The predicted molar refractivity (Wildman–Crippen MR) is 122 cm³/mol. The normalized spacial score (nSPS) is 19.0. The van der Waals surface area contributed by atoms with Crippen LogP contribution in [0.3, 0.4) is 0 Å². The molecule has 5 rings (SSSR count). The molecule has 0 aliphatic carbocycles. The Labute approximate surface area is 184 Å². The van der Waals surface area contributed by atoms with Crippen LogP contribution in [0.25, 0.3) is 27.9 Å². The molecule has 1 atom stereocenters. The Kier molecular flexibility index (Phi) is 4.85. The van der Waals surface area contributed by atoms with Gasteiger partial charge in [-0.2, -0.15) is 20.8 Å². The fourth-order valence-electron chi connectivity index (χ4n) is 3.83. The highest BCUT2D eigenvalue weighted by Gasteiger charge is 2.33. The Morgan fingerprint density at radius 3 is 2.71 bits per heavy atom. The van der Waals surface area contributed by atoms with Gasteiger partial charge in [-0.3, -0.25) is 18.6 Å². The fourth-order valence-corrected chi connectivity index (χ4v) is 6.54. The molecule has 1 aliphatic heterocycles. The summed E-state index contributed by atoms with van der Waals surface area (Å²) in [6.07, 6.45) is 9.77. The summed E-state index contributed by atoms with van der Waals surface area (Å²) in [5.74, 6) is 0.506. The molecule has 1 unspecified atom stereocenters. The van der Waals surface area contributed by atoms with Crippen molar-refractivity contribution in [3.63, 3.8) is 0 Å². The monoisotopic (exact) mass is 458 g/mol. The lowest BCUT2D eigenvalue weighted by Crippen LogP contribution is -2.37. The first kappa shape index (κ1) is 20.2. The summed E-state index contributed by atoms with van der Waals surface area (Å²) in [5, 5.41) is 10.6. The largest absolute Gasteiger partial charge is 0.336 e. The number of fused-ring (bicyclic) bond motifs is 1. The van der Waals surface area contributed by atoms with Crippen LogP contribution in [0.1, 0.15) is 16.1 Å². The third-order valence-corrected chi connectivity index (χ3v) is 8.35. The minimum Gasteiger partial charge on any atom is -0.336 e. The van der Waals surface area contributed by atoms with Gasteiger partial charge in [-0.1, -0.05) is 0 Å². The molecular weight excluding hydrogens is 436 g/mol. The van der Waals surface area contributed by atoms with E-state index in [4.69, 9.17) is 0 Å². The first-order chi connectivity index (χ1) is 14.8. The lowest BCUT2D eigenvalue weighted by Gasteiger charge is -2.28. The number of rotatable bonds is 4. The standard InChI is InChI=1S/C20H22N6O3S2/c1-24-9-15(7-22-24)14-6-21-19-17(8-23-26(19)10-14)13-5-18(30-11-13)20(27)25(2)16-3-4-31(28,29)12-16/h5-11,16,28-29H,3-4,12H2,1-2H3. The number of carbonyl (C=O) groups is 1. The second-order valence-electron chi connectivity index (χ2n) is 7.80. The second-order valence-corrected chi connectivity index (χ2v) is 11.1. The molecule has 4 aromatic rings. The van der Waals surface area contributed by atoms with Gasteiger partial charge in [-0.05, 0) is 23.4 Å². The molecule has 0 radical (unpaired) electrons. The van der Waals surface area contributed by atoms with E-state index >= 15 is 0 Å². The number of hydrogen-bond acceptors (Lipinski definition) is 7. The van der Waals surface area contributed by atoms with Gasteiger partial charge in [0.15, 0.2) is 5.65 Å². The summed E-state index contributed by atoms with van der Waals surface area (Å²) in [7, 11) is 1.05. The Hall–Kier alpha value is -2.73. The molecule has 1 aliphatic rings. The molecule has 162 valence electrons. The van der Waals surface area contributed by atoms with Crippen LogP contribution in [0.5, 0.6) is 0 Å². The van der Waals surface area contributed by atoms with E-state index in [1.54, 1.807) is 39.7 Å². The highest BCUT2D eigenvalue weighted by atomic mass is 32.3. The molecule has 0 aromatic carbocycles. The number of aromatic nitrogens is 5. The van der Waals surface area contributed by atoms with Crippen LogP contribution in [0.4, 0.5) is 0 Å². The molecule has 1 fully saturated rings. The summed E-state index contributed by atoms with van der Waals surface area (Å²) in [5.41, 5.74) is 4.33. The van der Waals surface area contributed by atoms with E-state index in [0.717, 1.165) is 22.3 Å². The van der Waals surface area contributed by atoms with E-state index in [2.05, 4.69) is 15.2 Å². The molecule has 0 bridgehead atoms. The summed E-state index contributed by atoms with van der Waals surface area (Å²) >= 11 is 1.37. The van der Waals surface area contributed by atoms with Crippen LogP contribution in [0.2, 0.25) is 0 Å². The van der Waals surface area contributed by atoms with Gasteiger partial charge in [-0.25, -0.2) is 9.50 Å². The van der Waals surface area contributed by atoms with Gasteiger partial charge < -0.3 is 4.90 Å². The van der Waals surface area contributed by atoms with Crippen molar-refractivity contribution in [1.29, 1.82) is 0 Å². The van der Waals surface area contributed by atoms with Crippen molar-refractivity contribution >= 4 is 33.5 Å². The molecule has 9 nitrogen and oxygen atoms in total. The third kappa shape index (κ3) is 3.74. The van der Waals surface area contributed by atoms with Crippen molar-refractivity contribution in [3.8, 4) is 22.3 Å². The van der Waals surface area contributed by atoms with Crippen LogP contribution in [0.15, 0.2) is 42.4 Å². The van der Waals surface area contributed by atoms with Gasteiger partial charge >= 0.3 is 0 Å². The number of hydrogen-bond donors (Lipinski definition) is 2. The zero-order valence-electron chi connectivity index (χ0n) is 17.0. The predicted octanol–water partition coefficient (Wildman–Crippen LogP) is 3.45. The third-order valence-electron chi connectivity index (χ3n) is 5.62. The Morgan fingerprint density at radius 2 is 2.00 bits per heavy atom. The number of nitrogens with zero attached hydrogens (tertiary/aromatic N) is 6. The van der Waals surface area contributed by atoms with E-state index in [1.807, 2.05) is 30.9 Å². The SMILES string of the molecule is CN(C(=O)c1cc(-c2cnn3cc(-c4cnn(C)c4)cnc23)cs1)C1CCS(O)(O)C1. The van der Waals surface area contributed by atoms with E-state index in [1.165, 1.54) is 11.3 Å². The van der Waals surface area contributed by atoms with E-state index in [-0.39, 0.29) is 17.7 Å². The maximum absolute atomic E-state index is 12.9. The summed E-state index contributed by atoms with van der Waals surface area (Å²) < 4.78 is 23.2. The molecule has 11 heteroatoms. The highest BCUT2D eigenvalue weighted by Crippen LogP contribution is 2.47. The Bertz CT molecular complexity index is 1280. The van der Waals surface area contributed by atoms with Crippen LogP contribution < -0.4 is 0 Å². The maximum Gasteiger partial charge on any atom is 0.263 e. The lowest BCUT2D eigenvalue weighted by atomic mass is 10.1. The number of amides is 1. The van der Waals surface area contributed by atoms with Crippen LogP contribution >= 0.6 is 21.9 Å². The smallest absolute Gasteiger partial charge is 0.263 e. The van der Waals surface area contributed by atoms with Crippen molar-refractivity contribution < 1.29 is 13.9 Å². The number of aryl methyl sites for hydroxylation is 1. The molecule has 0 saturated carbocycles. The van der Waals surface area contributed by atoms with Crippen molar-refractivity contribution in [2.75, 3.05) is 18.6 Å². The summed E-state index contributed by atoms with van der Waals surface area (Å²) in [4.78, 5) is 19.8. The Morgan fingerprint density at radius 1 is 1.19 bits per heavy atom. The van der Waals surface area contributed by atoms with Crippen LogP contribution in [0, 0.1) is 0 Å². The van der Waals surface area contributed by atoms with Gasteiger partial charge in [0, 0.05) is 55.1 Å². The highest BCUT2D eigenvalue weighted by molar-refractivity contribution is 8.24. The summed E-state index contributed by atoms with van der Waals surface area (Å²) in [6, 6.07) is 1.71. The topological polar surface area (TPSA) is 109 Å². The maximum atomic E-state index is 12.9. The molecule has 1 amide bonds. The summed E-state index contributed by atoms with van der Waals surface area (Å²) in [6.45, 7) is 0. The first-order valence-corrected chi connectivity index (χ1v) is 12.5. The second kappa shape index (κ2) is 7.45. The average molecular weight is 459 g/mol. The molecule has 1 saturated heterocycles. The zero-order chi connectivity index (χ0) is 21.8. The average Bonchev–Trinajstić information content (AvgIpc) is 3.51. The van der Waals surface area contributed by atoms with Gasteiger partial charge in [0.25, 0.3) is 5.91 Å². The van der Waals surface area contributed by atoms with Crippen molar-refractivity contribution in [1.82, 2.24) is 29.3 Å². The van der Waals surface area contributed by atoms with E-state index < -0.39 is 10.6 Å². The lowest BCUT2D eigenvalue weighted by molar-refractivity contribution is 0.0752. The minimum absolute atomic E-state index is 0.110. The quantitative estimate of drug-likeness (QED) is 0.485.